The highest BCUT2D eigenvalue weighted by Gasteiger charge is 2.58. The molecule has 2 bridgehead atoms. The first kappa shape index (κ1) is 20.6. The van der Waals surface area contributed by atoms with Crippen LogP contribution in [0.1, 0.15) is 37.7 Å². The van der Waals surface area contributed by atoms with E-state index in [1.807, 2.05) is 0 Å². The van der Waals surface area contributed by atoms with E-state index in [2.05, 4.69) is 17.5 Å². The summed E-state index contributed by atoms with van der Waals surface area (Å²) in [5.41, 5.74) is -0.702. The molecule has 160 valence electrons. The molecule has 4 unspecified atom stereocenters. The molecule has 30 heavy (non-hydrogen) atoms. The average molecular weight is 420 g/mol. The zero-order valence-electron chi connectivity index (χ0n) is 16.3. The zero-order chi connectivity index (χ0) is 21.5. The van der Waals surface area contributed by atoms with Gasteiger partial charge in [0.25, 0.3) is 0 Å². The van der Waals surface area contributed by atoms with Crippen molar-refractivity contribution in [3.05, 3.63) is 42.0 Å². The van der Waals surface area contributed by atoms with Gasteiger partial charge in [0.2, 0.25) is 17.7 Å². The number of halogens is 3. The Hall–Kier alpha value is -2.64. The molecule has 2 aliphatic carbocycles. The molecular formula is C22H23F3N2O3. The van der Waals surface area contributed by atoms with E-state index in [0.717, 1.165) is 18.6 Å². The number of benzene rings is 1. The molecule has 3 amide bonds. The number of carbonyl (C=O) groups excluding carboxylic acids is 3. The molecule has 4 rings (SSSR count). The van der Waals surface area contributed by atoms with Gasteiger partial charge in [0.1, 0.15) is 0 Å². The van der Waals surface area contributed by atoms with Crippen LogP contribution in [0.2, 0.25) is 0 Å². The van der Waals surface area contributed by atoms with Crippen LogP contribution in [0.3, 0.4) is 0 Å². The van der Waals surface area contributed by atoms with E-state index >= 15 is 0 Å². The number of likely N-dealkylation sites (tertiary alicyclic amines) is 1. The maximum absolute atomic E-state index is 12.7. The summed E-state index contributed by atoms with van der Waals surface area (Å²) >= 11 is 0. The number of rotatable bonds is 7. The molecule has 5 nitrogen and oxygen atoms in total. The minimum Gasteiger partial charge on any atom is -0.326 e. The Morgan fingerprint density at radius 2 is 1.70 bits per heavy atom. The summed E-state index contributed by atoms with van der Waals surface area (Å²) in [5.74, 6) is -0.480. The number of amides is 3. The van der Waals surface area contributed by atoms with E-state index in [-0.39, 0.29) is 53.5 Å². The molecule has 1 heterocycles. The number of anilines is 1. The van der Waals surface area contributed by atoms with Crippen molar-refractivity contribution in [2.45, 2.75) is 38.3 Å². The number of fused-ring (bicyclic) bond motifs is 5. The van der Waals surface area contributed by atoms with Crippen LogP contribution >= 0.6 is 0 Å². The van der Waals surface area contributed by atoms with E-state index in [1.54, 1.807) is 0 Å². The number of allylic oxidation sites excluding steroid dienone is 2. The topological polar surface area (TPSA) is 66.5 Å². The second-order valence-electron chi connectivity index (χ2n) is 8.27. The van der Waals surface area contributed by atoms with Gasteiger partial charge in [-0.15, -0.1) is 0 Å². The summed E-state index contributed by atoms with van der Waals surface area (Å²) in [6.07, 6.45) is 2.51. The Labute approximate surface area is 172 Å². The Morgan fingerprint density at radius 1 is 1.03 bits per heavy atom. The summed E-state index contributed by atoms with van der Waals surface area (Å²) in [6.45, 7) is 0.360. The molecular weight excluding hydrogens is 397 g/mol. The highest BCUT2D eigenvalue weighted by molar-refractivity contribution is 6.06. The monoisotopic (exact) mass is 420 g/mol. The number of nitrogens with zero attached hydrogens (tertiary/aromatic N) is 1. The molecule has 1 aromatic rings. The van der Waals surface area contributed by atoms with Crippen molar-refractivity contribution < 1.29 is 27.6 Å². The fraction of sp³-hybridized carbons (Fsp3) is 0.500. The number of unbranched alkanes of at least 4 members (excludes halogenated alkanes) is 2. The number of hydrogen-bond acceptors (Lipinski definition) is 3. The first-order valence-corrected chi connectivity index (χ1v) is 10.3. The quantitative estimate of drug-likeness (QED) is 0.412. The van der Waals surface area contributed by atoms with Crippen molar-refractivity contribution in [2.75, 3.05) is 11.9 Å². The number of imide groups is 1. The lowest BCUT2D eigenvalue weighted by Crippen LogP contribution is -2.33. The third-order valence-corrected chi connectivity index (χ3v) is 6.32. The van der Waals surface area contributed by atoms with Crippen LogP contribution in [-0.2, 0) is 20.6 Å². The lowest BCUT2D eigenvalue weighted by Gasteiger charge is -2.17. The number of hydrogen-bond donors (Lipinski definition) is 1. The molecule has 1 saturated heterocycles. The summed E-state index contributed by atoms with van der Waals surface area (Å²) in [4.78, 5) is 38.5. The zero-order valence-corrected chi connectivity index (χ0v) is 16.3. The summed E-state index contributed by atoms with van der Waals surface area (Å²) < 4.78 is 38.2. The molecule has 1 aromatic carbocycles. The first-order valence-electron chi connectivity index (χ1n) is 10.3. The number of alkyl halides is 3. The molecule has 0 radical (unpaired) electrons. The Morgan fingerprint density at radius 3 is 2.33 bits per heavy atom. The SMILES string of the molecule is O=C(CCCCCN1C(=O)C2C3C=CC(C3)C2C1=O)Nc1cccc(C(F)(F)F)c1. The van der Waals surface area contributed by atoms with Crippen LogP contribution in [0.5, 0.6) is 0 Å². The van der Waals surface area contributed by atoms with Gasteiger partial charge >= 0.3 is 6.18 Å². The van der Waals surface area contributed by atoms with Crippen molar-refractivity contribution in [3.8, 4) is 0 Å². The fourth-order valence-corrected chi connectivity index (χ4v) is 4.91. The van der Waals surface area contributed by atoms with Gasteiger partial charge in [-0.1, -0.05) is 24.6 Å². The maximum Gasteiger partial charge on any atom is 0.416 e. The van der Waals surface area contributed by atoms with Crippen LogP contribution in [-0.4, -0.2) is 29.2 Å². The highest BCUT2D eigenvalue weighted by atomic mass is 19.4. The Bertz CT molecular complexity index is 866. The first-order chi connectivity index (χ1) is 14.3. The molecule has 0 aromatic heterocycles. The van der Waals surface area contributed by atoms with Crippen LogP contribution in [0, 0.1) is 23.7 Å². The van der Waals surface area contributed by atoms with E-state index in [4.69, 9.17) is 0 Å². The average Bonchev–Trinajstić information content (AvgIpc) is 3.36. The van der Waals surface area contributed by atoms with Gasteiger partial charge < -0.3 is 5.32 Å². The molecule has 3 aliphatic rings. The van der Waals surface area contributed by atoms with Gasteiger partial charge in [0.05, 0.1) is 17.4 Å². The molecule has 4 atom stereocenters. The van der Waals surface area contributed by atoms with Gasteiger partial charge in [0.15, 0.2) is 0 Å². The smallest absolute Gasteiger partial charge is 0.326 e. The summed E-state index contributed by atoms with van der Waals surface area (Å²) in [7, 11) is 0. The minimum atomic E-state index is -4.46. The van der Waals surface area contributed by atoms with E-state index < -0.39 is 11.7 Å². The largest absolute Gasteiger partial charge is 0.416 e. The van der Waals surface area contributed by atoms with Crippen molar-refractivity contribution in [2.24, 2.45) is 23.7 Å². The van der Waals surface area contributed by atoms with Crippen LogP contribution in [0.15, 0.2) is 36.4 Å². The fourth-order valence-electron chi connectivity index (χ4n) is 4.91. The molecule has 8 heteroatoms. The normalized spacial score (nSPS) is 27.1. The van der Waals surface area contributed by atoms with Crippen molar-refractivity contribution in [1.82, 2.24) is 4.90 Å². The maximum atomic E-state index is 12.7. The van der Waals surface area contributed by atoms with Crippen LogP contribution < -0.4 is 5.32 Å². The second-order valence-corrected chi connectivity index (χ2v) is 8.27. The Kier molecular flexibility index (Phi) is 5.42. The standard InChI is InChI=1S/C22H23F3N2O3/c23-22(24,25)15-5-4-6-16(12-15)26-17(28)7-2-1-3-10-27-20(29)18-13-8-9-14(11-13)19(18)21(27)30/h4-6,8-9,12-14,18-19H,1-3,7,10-11H2,(H,26,28). The van der Waals surface area contributed by atoms with Gasteiger partial charge in [-0.25, -0.2) is 0 Å². The molecule has 2 fully saturated rings. The number of carbonyl (C=O) groups is 3. The predicted octanol–water partition coefficient (Wildman–Crippen LogP) is 4.01. The molecule has 1 saturated carbocycles. The van der Waals surface area contributed by atoms with Gasteiger partial charge in [-0.2, -0.15) is 13.2 Å². The Balaban J connectivity index is 1.19. The summed E-state index contributed by atoms with van der Waals surface area (Å²) in [5, 5.41) is 2.48. The van der Waals surface area contributed by atoms with Crippen LogP contribution in [0.25, 0.3) is 0 Å². The van der Waals surface area contributed by atoms with Crippen molar-refractivity contribution >= 4 is 23.4 Å². The van der Waals surface area contributed by atoms with Crippen LogP contribution in [0.4, 0.5) is 18.9 Å². The summed E-state index contributed by atoms with van der Waals surface area (Å²) in [6, 6.07) is 4.52. The third kappa shape index (κ3) is 3.87. The van der Waals surface area contributed by atoms with E-state index in [1.165, 1.54) is 17.0 Å². The van der Waals surface area contributed by atoms with Gasteiger partial charge in [-0.3, -0.25) is 19.3 Å². The second kappa shape index (κ2) is 7.89. The minimum absolute atomic E-state index is 0.0656. The molecule has 1 N–H and O–H groups in total. The third-order valence-electron chi connectivity index (χ3n) is 6.32. The van der Waals surface area contributed by atoms with Crippen molar-refractivity contribution in [3.63, 3.8) is 0 Å². The van der Waals surface area contributed by atoms with E-state index in [0.29, 0.717) is 25.8 Å². The van der Waals surface area contributed by atoms with E-state index in [9.17, 15) is 27.6 Å². The van der Waals surface area contributed by atoms with Gasteiger partial charge in [-0.05, 0) is 49.3 Å². The van der Waals surface area contributed by atoms with Crippen molar-refractivity contribution in [1.29, 1.82) is 0 Å². The lowest BCUT2D eigenvalue weighted by molar-refractivity contribution is -0.141. The highest BCUT2D eigenvalue weighted by Crippen LogP contribution is 2.52. The molecule has 0 spiro atoms. The lowest BCUT2D eigenvalue weighted by atomic mass is 9.85. The van der Waals surface area contributed by atoms with Gasteiger partial charge in [0, 0.05) is 18.7 Å². The molecule has 1 aliphatic heterocycles. The predicted molar refractivity (Wildman–Crippen MR) is 103 cm³/mol. The number of nitrogens with one attached hydrogen (secondary N) is 1.